The number of nitrogens with one attached hydrogen (secondary N) is 2. The molecule has 1 aromatic rings. The minimum atomic E-state index is -0.373. The molecular weight excluding hydrogens is 255 g/mol. The van der Waals surface area contributed by atoms with Crippen LogP contribution in [0.3, 0.4) is 0 Å². The van der Waals surface area contributed by atoms with E-state index in [1.807, 2.05) is 6.92 Å². The summed E-state index contributed by atoms with van der Waals surface area (Å²) in [5, 5.41) is 6.40. The number of amides is 1. The van der Waals surface area contributed by atoms with Crippen molar-refractivity contribution in [2.45, 2.75) is 19.4 Å². The van der Waals surface area contributed by atoms with E-state index in [1.54, 1.807) is 6.07 Å². The fourth-order valence-electron chi connectivity index (χ4n) is 2.14. The van der Waals surface area contributed by atoms with Gasteiger partial charge in [-0.15, -0.1) is 0 Å². The van der Waals surface area contributed by atoms with Crippen molar-refractivity contribution in [3.63, 3.8) is 0 Å². The molecule has 18 heavy (non-hydrogen) atoms. The van der Waals surface area contributed by atoms with Gasteiger partial charge in [-0.25, -0.2) is 4.39 Å². The molecule has 0 aromatic heterocycles. The zero-order valence-corrected chi connectivity index (χ0v) is 10.9. The smallest absolute Gasteiger partial charge is 0.224 e. The summed E-state index contributed by atoms with van der Waals surface area (Å²) in [5.74, 6) is -0.332. The lowest BCUT2D eigenvalue weighted by Gasteiger charge is -2.18. The highest BCUT2D eigenvalue weighted by Crippen LogP contribution is 2.24. The quantitative estimate of drug-likeness (QED) is 0.885. The van der Waals surface area contributed by atoms with Crippen LogP contribution in [-0.4, -0.2) is 19.0 Å². The molecule has 0 saturated carbocycles. The van der Waals surface area contributed by atoms with Crippen LogP contribution >= 0.6 is 11.6 Å². The number of benzene rings is 1. The molecule has 1 heterocycles. The lowest BCUT2D eigenvalue weighted by molar-refractivity contribution is -0.125. The van der Waals surface area contributed by atoms with Crippen molar-refractivity contribution in [2.75, 3.05) is 13.1 Å². The van der Waals surface area contributed by atoms with Gasteiger partial charge in [0.1, 0.15) is 5.82 Å². The second-order valence-corrected chi connectivity index (χ2v) is 4.99. The Morgan fingerprint density at radius 3 is 3.00 bits per heavy atom. The van der Waals surface area contributed by atoms with Gasteiger partial charge < -0.3 is 10.6 Å². The Kier molecular flexibility index (Phi) is 4.19. The van der Waals surface area contributed by atoms with Crippen LogP contribution in [0.15, 0.2) is 18.2 Å². The van der Waals surface area contributed by atoms with Crippen LogP contribution in [0.4, 0.5) is 4.39 Å². The Labute approximate surface area is 111 Å². The molecule has 2 N–H and O–H groups in total. The van der Waals surface area contributed by atoms with Crippen LogP contribution in [0.5, 0.6) is 0 Å². The maximum absolute atomic E-state index is 12.9. The molecular formula is C13H16ClFN2O. The van der Waals surface area contributed by atoms with E-state index in [0.29, 0.717) is 5.02 Å². The van der Waals surface area contributed by atoms with Crippen LogP contribution in [0.25, 0.3) is 0 Å². The standard InChI is InChI=1S/C13H16ClFN2O/c1-8(11-3-2-10(15)6-12(11)14)17-13(18)9-4-5-16-7-9/h2-3,6,8-9,16H,4-5,7H2,1H3,(H,17,18). The van der Waals surface area contributed by atoms with E-state index in [2.05, 4.69) is 10.6 Å². The number of hydrogen-bond acceptors (Lipinski definition) is 2. The van der Waals surface area contributed by atoms with Crippen molar-refractivity contribution >= 4 is 17.5 Å². The SMILES string of the molecule is CC(NC(=O)C1CCNC1)c1ccc(F)cc1Cl. The van der Waals surface area contributed by atoms with Crippen molar-refractivity contribution in [1.82, 2.24) is 10.6 Å². The average Bonchev–Trinajstić information content (AvgIpc) is 2.81. The van der Waals surface area contributed by atoms with Crippen LogP contribution < -0.4 is 10.6 Å². The molecule has 2 rings (SSSR count). The molecule has 1 amide bonds. The summed E-state index contributed by atoms with van der Waals surface area (Å²) in [7, 11) is 0. The number of carbonyl (C=O) groups is 1. The summed E-state index contributed by atoms with van der Waals surface area (Å²) < 4.78 is 12.9. The third-order valence-corrected chi connectivity index (χ3v) is 3.55. The van der Waals surface area contributed by atoms with E-state index in [0.717, 1.165) is 25.1 Å². The second kappa shape index (κ2) is 5.67. The van der Waals surface area contributed by atoms with Crippen molar-refractivity contribution in [1.29, 1.82) is 0 Å². The Balaban J connectivity index is 2.02. The van der Waals surface area contributed by atoms with Crippen LogP contribution in [-0.2, 0) is 4.79 Å². The normalized spacial score (nSPS) is 20.7. The molecule has 1 fully saturated rings. The van der Waals surface area contributed by atoms with E-state index in [9.17, 15) is 9.18 Å². The summed E-state index contributed by atoms with van der Waals surface area (Å²) in [6.07, 6.45) is 0.857. The molecule has 1 aliphatic heterocycles. The highest BCUT2D eigenvalue weighted by atomic mass is 35.5. The molecule has 1 aliphatic rings. The molecule has 0 radical (unpaired) electrons. The van der Waals surface area contributed by atoms with Gasteiger partial charge in [0.2, 0.25) is 5.91 Å². The van der Waals surface area contributed by atoms with Crippen molar-refractivity contribution in [3.8, 4) is 0 Å². The maximum atomic E-state index is 12.9. The summed E-state index contributed by atoms with van der Waals surface area (Å²) >= 11 is 5.96. The van der Waals surface area contributed by atoms with Gasteiger partial charge in [0.05, 0.1) is 12.0 Å². The number of halogens is 2. The highest BCUT2D eigenvalue weighted by molar-refractivity contribution is 6.31. The fourth-order valence-corrected chi connectivity index (χ4v) is 2.47. The molecule has 0 spiro atoms. The number of rotatable bonds is 3. The predicted molar refractivity (Wildman–Crippen MR) is 68.9 cm³/mol. The molecule has 2 unspecified atom stereocenters. The Bertz CT molecular complexity index is 447. The highest BCUT2D eigenvalue weighted by Gasteiger charge is 2.24. The first-order chi connectivity index (χ1) is 8.58. The third kappa shape index (κ3) is 3.00. The van der Waals surface area contributed by atoms with Gasteiger partial charge in [0.15, 0.2) is 0 Å². The lowest BCUT2D eigenvalue weighted by atomic mass is 10.1. The van der Waals surface area contributed by atoms with Gasteiger partial charge in [-0.3, -0.25) is 4.79 Å². The first-order valence-corrected chi connectivity index (χ1v) is 6.42. The van der Waals surface area contributed by atoms with Crippen molar-refractivity contribution in [3.05, 3.63) is 34.6 Å². The number of hydrogen-bond donors (Lipinski definition) is 2. The van der Waals surface area contributed by atoms with Gasteiger partial charge >= 0.3 is 0 Å². The first-order valence-electron chi connectivity index (χ1n) is 6.04. The Hall–Kier alpha value is -1.13. The lowest BCUT2D eigenvalue weighted by Crippen LogP contribution is -2.33. The van der Waals surface area contributed by atoms with Gasteiger partial charge in [-0.05, 0) is 37.6 Å². The topological polar surface area (TPSA) is 41.1 Å². The zero-order valence-electron chi connectivity index (χ0n) is 10.2. The van der Waals surface area contributed by atoms with Crippen LogP contribution in [0.1, 0.15) is 24.9 Å². The molecule has 5 heteroatoms. The predicted octanol–water partition coefficient (Wildman–Crippen LogP) is 2.27. The second-order valence-electron chi connectivity index (χ2n) is 4.59. The van der Waals surface area contributed by atoms with Gasteiger partial charge in [0.25, 0.3) is 0 Å². The van der Waals surface area contributed by atoms with Gasteiger partial charge in [-0.2, -0.15) is 0 Å². The molecule has 0 bridgehead atoms. The first kappa shape index (κ1) is 13.3. The Morgan fingerprint density at radius 1 is 1.61 bits per heavy atom. The summed E-state index contributed by atoms with van der Waals surface area (Å²) in [4.78, 5) is 11.9. The largest absolute Gasteiger partial charge is 0.349 e. The van der Waals surface area contributed by atoms with E-state index in [4.69, 9.17) is 11.6 Å². The summed E-state index contributed by atoms with van der Waals surface area (Å²) in [6, 6.07) is 4.00. The van der Waals surface area contributed by atoms with Crippen LogP contribution in [0.2, 0.25) is 5.02 Å². The molecule has 98 valence electrons. The molecule has 1 aromatic carbocycles. The van der Waals surface area contributed by atoms with E-state index in [1.165, 1.54) is 12.1 Å². The summed E-state index contributed by atoms with van der Waals surface area (Å²) in [6.45, 7) is 3.44. The monoisotopic (exact) mass is 270 g/mol. The minimum Gasteiger partial charge on any atom is -0.349 e. The average molecular weight is 271 g/mol. The molecule has 3 nitrogen and oxygen atoms in total. The van der Waals surface area contributed by atoms with Gasteiger partial charge in [0, 0.05) is 11.6 Å². The van der Waals surface area contributed by atoms with Crippen LogP contribution in [0, 0.1) is 11.7 Å². The zero-order chi connectivity index (χ0) is 13.1. The molecule has 1 saturated heterocycles. The number of carbonyl (C=O) groups excluding carboxylic acids is 1. The fraction of sp³-hybridized carbons (Fsp3) is 0.462. The van der Waals surface area contributed by atoms with Crippen molar-refractivity contribution < 1.29 is 9.18 Å². The van der Waals surface area contributed by atoms with E-state index >= 15 is 0 Å². The Morgan fingerprint density at radius 2 is 2.39 bits per heavy atom. The van der Waals surface area contributed by atoms with Crippen molar-refractivity contribution in [2.24, 2.45) is 5.92 Å². The van der Waals surface area contributed by atoms with Gasteiger partial charge in [-0.1, -0.05) is 17.7 Å². The molecule has 0 aliphatic carbocycles. The molecule has 2 atom stereocenters. The minimum absolute atomic E-state index is 0.0201. The maximum Gasteiger partial charge on any atom is 0.224 e. The third-order valence-electron chi connectivity index (χ3n) is 3.22. The summed E-state index contributed by atoms with van der Waals surface area (Å²) in [5.41, 5.74) is 0.734. The van der Waals surface area contributed by atoms with E-state index in [-0.39, 0.29) is 23.7 Å². The van der Waals surface area contributed by atoms with E-state index < -0.39 is 0 Å².